The minimum Gasteiger partial charge on any atom is -0.465 e. The maximum absolute atomic E-state index is 13.8. The zero-order chi connectivity index (χ0) is 21.2. The number of halogens is 2. The Morgan fingerprint density at radius 3 is 1.36 bits per heavy atom. The number of carbonyl (C=O) groups is 2. The molecule has 0 aliphatic heterocycles. The van der Waals surface area contributed by atoms with E-state index in [1.54, 1.807) is 0 Å². The lowest BCUT2D eigenvalue weighted by Gasteiger charge is -2.13. The zero-order valence-corrected chi connectivity index (χ0v) is 14.2. The molecule has 146 valence electrons. The zero-order valence-electron chi connectivity index (χ0n) is 14.2. The Labute approximate surface area is 154 Å². The van der Waals surface area contributed by atoms with Crippen LogP contribution in [-0.2, 0) is 9.47 Å². The molecule has 0 saturated heterocycles. The van der Waals surface area contributed by atoms with Gasteiger partial charge >= 0.3 is 11.9 Å². The highest BCUT2D eigenvalue weighted by Crippen LogP contribution is 2.42. The standard InChI is InChI=1S/C16H10F2N2O8/c1-27-15(21)9-3-7(17)5-11(19(23)24)13(9)14-10(16(22)28-2)4-8(18)6-12(14)20(25)26/h3-6H,1-2H3. The first-order chi connectivity index (χ1) is 13.1. The summed E-state index contributed by atoms with van der Waals surface area (Å²) in [6.45, 7) is 0. The lowest BCUT2D eigenvalue weighted by atomic mass is 9.91. The van der Waals surface area contributed by atoms with Crippen molar-refractivity contribution in [3.8, 4) is 11.1 Å². The topological polar surface area (TPSA) is 139 Å². The van der Waals surface area contributed by atoms with Gasteiger partial charge in [-0.25, -0.2) is 18.4 Å². The summed E-state index contributed by atoms with van der Waals surface area (Å²) in [5.74, 6) is -4.96. The van der Waals surface area contributed by atoms with Crippen LogP contribution >= 0.6 is 0 Å². The van der Waals surface area contributed by atoms with E-state index in [0.29, 0.717) is 24.3 Å². The molecule has 0 spiro atoms. The van der Waals surface area contributed by atoms with Crippen molar-refractivity contribution in [2.24, 2.45) is 0 Å². The Balaban J connectivity index is 3.14. The molecule has 0 atom stereocenters. The van der Waals surface area contributed by atoms with E-state index in [-0.39, 0.29) is 0 Å². The normalized spacial score (nSPS) is 10.3. The molecule has 0 unspecified atom stereocenters. The number of methoxy groups -OCH3 is 2. The molecule has 0 radical (unpaired) electrons. The number of nitrogens with zero attached hydrogens (tertiary/aromatic N) is 2. The van der Waals surface area contributed by atoms with Crippen LogP contribution in [0.4, 0.5) is 20.2 Å². The lowest BCUT2D eigenvalue weighted by Crippen LogP contribution is -2.12. The lowest BCUT2D eigenvalue weighted by molar-refractivity contribution is -0.386. The minimum absolute atomic E-state index is 0.399. The molecule has 0 fully saturated rings. The largest absolute Gasteiger partial charge is 0.465 e. The van der Waals surface area contributed by atoms with Crippen molar-refractivity contribution in [1.82, 2.24) is 0 Å². The quantitative estimate of drug-likeness (QED) is 0.427. The summed E-state index contributed by atoms with van der Waals surface area (Å²) >= 11 is 0. The van der Waals surface area contributed by atoms with E-state index < -0.39 is 67.0 Å². The van der Waals surface area contributed by atoms with Gasteiger partial charge in [-0.05, 0) is 12.1 Å². The summed E-state index contributed by atoms with van der Waals surface area (Å²) in [5, 5.41) is 22.9. The van der Waals surface area contributed by atoms with Crippen molar-refractivity contribution in [2.75, 3.05) is 14.2 Å². The number of hydrogen-bond donors (Lipinski definition) is 0. The predicted octanol–water partition coefficient (Wildman–Crippen LogP) is 3.02. The van der Waals surface area contributed by atoms with E-state index >= 15 is 0 Å². The van der Waals surface area contributed by atoms with Crippen LogP contribution in [0, 0.1) is 31.9 Å². The van der Waals surface area contributed by atoms with E-state index in [1.165, 1.54) is 0 Å². The van der Waals surface area contributed by atoms with Gasteiger partial charge in [0.05, 0.1) is 58.5 Å². The van der Waals surface area contributed by atoms with E-state index in [0.717, 1.165) is 14.2 Å². The monoisotopic (exact) mass is 396 g/mol. The summed E-state index contributed by atoms with van der Waals surface area (Å²) < 4.78 is 36.6. The van der Waals surface area contributed by atoms with Crippen LogP contribution in [-0.4, -0.2) is 36.0 Å². The molecular formula is C16H10F2N2O8. The fourth-order valence-electron chi connectivity index (χ4n) is 2.54. The van der Waals surface area contributed by atoms with Crippen LogP contribution in [0.15, 0.2) is 24.3 Å². The van der Waals surface area contributed by atoms with Crippen molar-refractivity contribution in [3.63, 3.8) is 0 Å². The van der Waals surface area contributed by atoms with Crippen molar-refractivity contribution in [2.45, 2.75) is 0 Å². The van der Waals surface area contributed by atoms with Gasteiger partial charge in [0, 0.05) is 0 Å². The summed E-state index contributed by atoms with van der Waals surface area (Å²) in [6, 6.07) is 1.89. The molecular weight excluding hydrogens is 386 g/mol. The molecule has 10 nitrogen and oxygen atoms in total. The minimum atomic E-state index is -1.27. The van der Waals surface area contributed by atoms with Crippen molar-refractivity contribution < 1.29 is 37.7 Å². The highest BCUT2D eigenvalue weighted by molar-refractivity contribution is 6.07. The highest BCUT2D eigenvalue weighted by atomic mass is 19.1. The third kappa shape index (κ3) is 3.60. The Morgan fingerprint density at radius 2 is 1.11 bits per heavy atom. The Hall–Kier alpha value is -3.96. The van der Waals surface area contributed by atoms with E-state index in [4.69, 9.17) is 0 Å². The van der Waals surface area contributed by atoms with Gasteiger partial charge in [-0.15, -0.1) is 0 Å². The first-order valence-electron chi connectivity index (χ1n) is 7.25. The molecule has 0 N–H and O–H groups in total. The third-order valence-corrected chi connectivity index (χ3v) is 3.62. The second-order valence-corrected chi connectivity index (χ2v) is 5.19. The molecule has 0 aliphatic carbocycles. The number of carbonyl (C=O) groups excluding carboxylic acids is 2. The van der Waals surface area contributed by atoms with Gasteiger partial charge in [0.1, 0.15) is 11.6 Å². The van der Waals surface area contributed by atoms with E-state index in [2.05, 4.69) is 9.47 Å². The first-order valence-corrected chi connectivity index (χ1v) is 7.25. The summed E-state index contributed by atoms with van der Waals surface area (Å²) in [5.41, 5.74) is -5.25. The van der Waals surface area contributed by atoms with Crippen LogP contribution in [0.1, 0.15) is 20.7 Å². The van der Waals surface area contributed by atoms with Crippen LogP contribution in [0.25, 0.3) is 11.1 Å². The predicted molar refractivity (Wildman–Crippen MR) is 87.8 cm³/mol. The molecule has 2 rings (SSSR count). The SMILES string of the molecule is COC(=O)c1cc(F)cc([N+](=O)[O-])c1-c1c(C(=O)OC)cc(F)cc1[N+](=O)[O-]. The first kappa shape index (κ1) is 20.4. The molecule has 2 aromatic carbocycles. The molecule has 0 saturated carbocycles. The fraction of sp³-hybridized carbons (Fsp3) is 0.125. The van der Waals surface area contributed by atoms with Gasteiger partial charge in [-0.1, -0.05) is 0 Å². The number of nitro benzene ring substituents is 2. The highest BCUT2D eigenvalue weighted by Gasteiger charge is 2.35. The number of benzene rings is 2. The van der Waals surface area contributed by atoms with Gasteiger partial charge in [0.2, 0.25) is 0 Å². The maximum atomic E-state index is 13.8. The van der Waals surface area contributed by atoms with Crippen LogP contribution in [0.5, 0.6) is 0 Å². The Morgan fingerprint density at radius 1 is 0.786 bits per heavy atom. The number of rotatable bonds is 5. The van der Waals surface area contributed by atoms with Crippen molar-refractivity contribution in [1.29, 1.82) is 0 Å². The molecule has 0 aromatic heterocycles. The number of nitro groups is 2. The van der Waals surface area contributed by atoms with Crippen LogP contribution < -0.4 is 0 Å². The molecule has 2 aromatic rings. The summed E-state index contributed by atoms with van der Waals surface area (Å²) in [4.78, 5) is 44.8. The van der Waals surface area contributed by atoms with Crippen molar-refractivity contribution in [3.05, 3.63) is 67.3 Å². The van der Waals surface area contributed by atoms with Crippen molar-refractivity contribution >= 4 is 23.3 Å². The fourth-order valence-corrected chi connectivity index (χ4v) is 2.54. The average Bonchev–Trinajstić information content (AvgIpc) is 2.65. The Bertz CT molecular complexity index is 941. The smallest absolute Gasteiger partial charge is 0.338 e. The number of hydrogen-bond acceptors (Lipinski definition) is 8. The van der Waals surface area contributed by atoms with Gasteiger partial charge in [-0.3, -0.25) is 20.2 Å². The van der Waals surface area contributed by atoms with Gasteiger partial charge in [-0.2, -0.15) is 0 Å². The number of ether oxygens (including phenoxy) is 2. The maximum Gasteiger partial charge on any atom is 0.338 e. The third-order valence-electron chi connectivity index (χ3n) is 3.62. The number of esters is 2. The summed E-state index contributed by atoms with van der Waals surface area (Å²) in [6.07, 6.45) is 0. The second kappa shape index (κ2) is 7.73. The molecule has 28 heavy (non-hydrogen) atoms. The van der Waals surface area contributed by atoms with E-state index in [9.17, 15) is 38.6 Å². The molecule has 12 heteroatoms. The van der Waals surface area contributed by atoms with Crippen LogP contribution in [0.3, 0.4) is 0 Å². The van der Waals surface area contributed by atoms with E-state index in [1.807, 2.05) is 0 Å². The second-order valence-electron chi connectivity index (χ2n) is 5.19. The molecule has 0 heterocycles. The van der Waals surface area contributed by atoms with Gasteiger partial charge < -0.3 is 9.47 Å². The molecule has 0 aliphatic rings. The van der Waals surface area contributed by atoms with Gasteiger partial charge in [0.15, 0.2) is 0 Å². The van der Waals surface area contributed by atoms with Gasteiger partial charge in [0.25, 0.3) is 11.4 Å². The summed E-state index contributed by atoms with van der Waals surface area (Å²) in [7, 11) is 1.78. The van der Waals surface area contributed by atoms with Crippen LogP contribution in [0.2, 0.25) is 0 Å². The Kier molecular flexibility index (Phi) is 5.62. The molecule has 0 amide bonds. The molecule has 0 bridgehead atoms. The average molecular weight is 396 g/mol.